The van der Waals surface area contributed by atoms with Crippen LogP contribution >= 0.6 is 23.2 Å². The van der Waals surface area contributed by atoms with Crippen molar-refractivity contribution in [3.8, 4) is 12.3 Å². The molecule has 0 saturated heterocycles. The van der Waals surface area contributed by atoms with E-state index in [-0.39, 0.29) is 40.2 Å². The molecule has 2 nitrogen and oxygen atoms in total. The summed E-state index contributed by atoms with van der Waals surface area (Å²) in [6, 6.07) is 0. The summed E-state index contributed by atoms with van der Waals surface area (Å²) >= 11 is 11.4. The average molecular weight is 329 g/mol. The van der Waals surface area contributed by atoms with E-state index in [0.29, 0.717) is 0 Å². The highest BCUT2D eigenvalue weighted by Gasteiger charge is 2.61. The van der Waals surface area contributed by atoms with Crippen molar-refractivity contribution in [2.24, 2.45) is 23.2 Å². The molecular weight excluding hydrogens is 307 g/mol. The van der Waals surface area contributed by atoms with Crippen LogP contribution in [0.3, 0.4) is 0 Å². The second kappa shape index (κ2) is 7.38. The maximum Gasteiger partial charge on any atom is 0.310 e. The molecule has 0 aromatic carbocycles. The van der Waals surface area contributed by atoms with E-state index in [1.54, 1.807) is 6.08 Å². The molecule has 21 heavy (non-hydrogen) atoms. The van der Waals surface area contributed by atoms with E-state index in [1.165, 1.54) is 0 Å². The van der Waals surface area contributed by atoms with E-state index in [0.717, 1.165) is 12.0 Å². The van der Waals surface area contributed by atoms with Crippen LogP contribution in [0.25, 0.3) is 0 Å². The smallest absolute Gasteiger partial charge is 0.310 e. The highest BCUT2D eigenvalue weighted by atomic mass is 35.5. The Bertz CT molecular complexity index is 493. The van der Waals surface area contributed by atoms with E-state index in [4.69, 9.17) is 34.4 Å². The van der Waals surface area contributed by atoms with Gasteiger partial charge in [-0.05, 0) is 30.8 Å². The van der Waals surface area contributed by atoms with Gasteiger partial charge in [-0.15, -0.1) is 6.42 Å². The van der Waals surface area contributed by atoms with Crippen LogP contribution in [0.2, 0.25) is 0 Å². The molecule has 0 aliphatic heterocycles. The van der Waals surface area contributed by atoms with Crippen molar-refractivity contribution in [3.05, 3.63) is 22.2 Å². The fourth-order valence-corrected chi connectivity index (χ4v) is 2.88. The summed E-state index contributed by atoms with van der Waals surface area (Å²) in [5, 5.41) is 0. The molecule has 0 bridgehead atoms. The van der Waals surface area contributed by atoms with Crippen molar-refractivity contribution in [2.45, 2.75) is 34.1 Å². The highest BCUT2D eigenvalue weighted by Crippen LogP contribution is 2.60. The lowest BCUT2D eigenvalue weighted by molar-refractivity contribution is -0.146. The summed E-state index contributed by atoms with van der Waals surface area (Å²) in [4.78, 5) is 12.2. The normalized spacial score (nSPS) is 24.7. The quantitative estimate of drug-likeness (QED) is 0.400. The van der Waals surface area contributed by atoms with Crippen molar-refractivity contribution in [2.75, 3.05) is 6.61 Å². The van der Waals surface area contributed by atoms with Gasteiger partial charge in [0.05, 0.1) is 11.8 Å². The largest absolute Gasteiger partial charge is 0.464 e. The van der Waals surface area contributed by atoms with E-state index in [9.17, 15) is 4.79 Å². The lowest BCUT2D eigenvalue weighted by atomic mass is 10.0. The molecule has 0 aromatic rings. The molecule has 0 N–H and O–H groups in total. The zero-order chi connectivity index (χ0) is 16.2. The molecule has 1 rings (SSSR count). The van der Waals surface area contributed by atoms with Crippen LogP contribution in [0.15, 0.2) is 22.2 Å². The van der Waals surface area contributed by atoms with E-state index in [1.807, 2.05) is 27.7 Å². The first-order valence-electron chi connectivity index (χ1n) is 7.07. The van der Waals surface area contributed by atoms with Gasteiger partial charge in [0.1, 0.15) is 11.1 Å². The maximum atomic E-state index is 12.2. The first-order valence-corrected chi connectivity index (χ1v) is 7.83. The lowest BCUT2D eigenvalue weighted by Gasteiger charge is -2.12. The van der Waals surface area contributed by atoms with Crippen molar-refractivity contribution in [1.29, 1.82) is 0 Å². The number of hydrogen-bond acceptors (Lipinski definition) is 2. The summed E-state index contributed by atoms with van der Waals surface area (Å²) in [7, 11) is 0. The first-order chi connectivity index (χ1) is 9.75. The number of carbonyl (C=O) groups is 1. The molecule has 0 amide bonds. The third-order valence-electron chi connectivity index (χ3n) is 4.14. The molecular formula is C17H22Cl2O2. The Balaban J connectivity index is 2.61. The van der Waals surface area contributed by atoms with Crippen LogP contribution in [0.4, 0.5) is 0 Å². The van der Waals surface area contributed by atoms with Gasteiger partial charge in [0, 0.05) is 0 Å². The molecule has 4 heteroatoms. The van der Waals surface area contributed by atoms with Gasteiger partial charge in [0.2, 0.25) is 0 Å². The number of esters is 1. The average Bonchev–Trinajstić information content (AvgIpc) is 2.90. The molecule has 3 unspecified atom stereocenters. The van der Waals surface area contributed by atoms with Crippen LogP contribution in [-0.4, -0.2) is 12.6 Å². The highest BCUT2D eigenvalue weighted by molar-refractivity contribution is 6.55. The topological polar surface area (TPSA) is 26.3 Å². The lowest BCUT2D eigenvalue weighted by Crippen LogP contribution is -2.17. The number of carbonyl (C=O) groups excluding carboxylic acids is 1. The summed E-state index contributed by atoms with van der Waals surface area (Å²) in [6.07, 6.45) is 10.2. The molecule has 3 atom stereocenters. The molecule has 1 aliphatic rings. The van der Waals surface area contributed by atoms with E-state index in [2.05, 4.69) is 12.0 Å². The van der Waals surface area contributed by atoms with Gasteiger partial charge in [-0.25, -0.2) is 0 Å². The Labute approximate surface area is 137 Å². The van der Waals surface area contributed by atoms with Crippen LogP contribution < -0.4 is 0 Å². The summed E-state index contributed by atoms with van der Waals surface area (Å²) in [6.45, 7) is 8.22. The molecule has 1 aliphatic carbocycles. The number of hydrogen-bond donors (Lipinski definition) is 0. The van der Waals surface area contributed by atoms with Crippen molar-refractivity contribution in [3.63, 3.8) is 0 Å². The van der Waals surface area contributed by atoms with Crippen molar-refractivity contribution >= 4 is 29.2 Å². The van der Waals surface area contributed by atoms with Crippen molar-refractivity contribution < 1.29 is 9.53 Å². The fourth-order valence-electron chi connectivity index (χ4n) is 2.61. The Morgan fingerprint density at radius 3 is 2.57 bits per heavy atom. The second-order valence-corrected chi connectivity index (χ2v) is 6.99. The standard InChI is InChI=1S/C17H22Cl2O2/c1-6-8-11(3)12(7-2)10-21-16(20)15-13(9-14(18)19)17(15,4)5/h2,8-9,12-13,15H,6,10H2,1,3-5H3. The third-order valence-corrected chi connectivity index (χ3v) is 4.39. The van der Waals surface area contributed by atoms with E-state index >= 15 is 0 Å². The Hall–Kier alpha value is -0.910. The van der Waals surface area contributed by atoms with E-state index < -0.39 is 0 Å². The predicted octanol–water partition coefficient (Wildman–Crippen LogP) is 4.73. The number of rotatable bonds is 6. The minimum atomic E-state index is -0.236. The van der Waals surface area contributed by atoms with Gasteiger partial charge < -0.3 is 4.74 Å². The Kier molecular flexibility index (Phi) is 6.38. The number of halogens is 2. The number of allylic oxidation sites excluding steroid dienone is 2. The van der Waals surface area contributed by atoms with Gasteiger partial charge in [0.25, 0.3) is 0 Å². The van der Waals surface area contributed by atoms with Gasteiger partial charge in [-0.2, -0.15) is 0 Å². The van der Waals surface area contributed by atoms with Crippen LogP contribution in [-0.2, 0) is 9.53 Å². The molecule has 1 fully saturated rings. The summed E-state index contributed by atoms with van der Waals surface area (Å²) < 4.78 is 5.58. The van der Waals surface area contributed by atoms with Gasteiger partial charge in [-0.3, -0.25) is 4.79 Å². The molecule has 1 saturated carbocycles. The molecule has 0 radical (unpaired) electrons. The first kappa shape index (κ1) is 18.1. The third kappa shape index (κ3) is 4.53. The van der Waals surface area contributed by atoms with Gasteiger partial charge in [-0.1, -0.05) is 61.5 Å². The molecule has 116 valence electrons. The Morgan fingerprint density at radius 2 is 2.10 bits per heavy atom. The minimum absolute atomic E-state index is 0.0200. The van der Waals surface area contributed by atoms with Gasteiger partial charge >= 0.3 is 5.97 Å². The Morgan fingerprint density at radius 1 is 1.48 bits per heavy atom. The van der Waals surface area contributed by atoms with Crippen LogP contribution in [0, 0.1) is 35.5 Å². The number of terminal acetylenes is 1. The number of ether oxygens (including phenoxy) is 1. The molecule has 0 aromatic heterocycles. The summed E-state index contributed by atoms with van der Waals surface area (Å²) in [5.74, 6) is 2.08. The van der Waals surface area contributed by atoms with Crippen LogP contribution in [0.5, 0.6) is 0 Å². The minimum Gasteiger partial charge on any atom is -0.464 e. The van der Waals surface area contributed by atoms with Gasteiger partial charge in [0.15, 0.2) is 0 Å². The zero-order valence-corrected chi connectivity index (χ0v) is 14.5. The molecule has 0 spiro atoms. The zero-order valence-electron chi connectivity index (χ0n) is 13.0. The molecule has 0 heterocycles. The maximum absolute atomic E-state index is 12.2. The van der Waals surface area contributed by atoms with Crippen LogP contribution in [0.1, 0.15) is 34.1 Å². The van der Waals surface area contributed by atoms with Crippen molar-refractivity contribution in [1.82, 2.24) is 0 Å². The monoisotopic (exact) mass is 328 g/mol. The SMILES string of the molecule is C#CC(COC(=O)C1C(C=C(Cl)Cl)C1(C)C)C(C)=CCC. The predicted molar refractivity (Wildman–Crippen MR) is 87.9 cm³/mol. The second-order valence-electron chi connectivity index (χ2n) is 5.99. The summed E-state index contributed by atoms with van der Waals surface area (Å²) in [5.41, 5.74) is 0.884. The fraction of sp³-hybridized carbons (Fsp3) is 0.588.